The number of nitrogens with zero attached hydrogens (tertiary/aromatic N) is 2. The van der Waals surface area contributed by atoms with Crippen LogP contribution in [0.15, 0.2) is 41.1 Å². The molecule has 3 rings (SSSR count). The molecule has 0 aliphatic carbocycles. The predicted octanol–water partition coefficient (Wildman–Crippen LogP) is 3.51. The molecule has 1 aliphatic heterocycles. The van der Waals surface area contributed by atoms with Gasteiger partial charge in [0.15, 0.2) is 18.1 Å². The van der Waals surface area contributed by atoms with E-state index < -0.39 is 0 Å². The molecule has 6 heteroatoms. The van der Waals surface area contributed by atoms with Crippen molar-refractivity contribution >= 4 is 23.3 Å². The monoisotopic (exact) mass is 386 g/mol. The number of carbonyl (C=O) groups is 1. The van der Waals surface area contributed by atoms with Gasteiger partial charge in [0.25, 0.3) is 5.91 Å². The maximum absolute atomic E-state index is 12.5. The van der Waals surface area contributed by atoms with Crippen molar-refractivity contribution < 1.29 is 14.3 Å². The first-order valence-electron chi connectivity index (χ1n) is 9.14. The molecule has 0 atom stereocenters. The summed E-state index contributed by atoms with van der Waals surface area (Å²) in [5, 5.41) is 4.28. The number of thiophene rings is 1. The molecule has 1 aromatic carbocycles. The average Bonchev–Trinajstić information content (AvgIpc) is 3.20. The largest absolute Gasteiger partial charge is 0.493 e. The number of ether oxygens (including phenoxy) is 2. The van der Waals surface area contributed by atoms with Gasteiger partial charge in [-0.15, -0.1) is 0 Å². The van der Waals surface area contributed by atoms with Gasteiger partial charge in [-0.2, -0.15) is 11.3 Å². The fraction of sp³-hybridized carbons (Fsp3) is 0.381. The summed E-state index contributed by atoms with van der Waals surface area (Å²) in [4.78, 5) is 16.8. The Hall–Kier alpha value is -2.31. The molecule has 27 heavy (non-hydrogen) atoms. The van der Waals surface area contributed by atoms with Gasteiger partial charge < -0.3 is 14.4 Å². The van der Waals surface area contributed by atoms with Crippen LogP contribution in [0.1, 0.15) is 18.1 Å². The Labute approximate surface area is 164 Å². The maximum atomic E-state index is 12.5. The minimum atomic E-state index is 0.0183. The van der Waals surface area contributed by atoms with Crippen molar-refractivity contribution in [1.82, 2.24) is 9.80 Å². The van der Waals surface area contributed by atoms with Gasteiger partial charge in [0.1, 0.15) is 0 Å². The molecular weight excluding hydrogens is 360 g/mol. The Morgan fingerprint density at radius 3 is 2.67 bits per heavy atom. The van der Waals surface area contributed by atoms with Crippen LogP contribution in [0.5, 0.6) is 11.5 Å². The second-order valence-electron chi connectivity index (χ2n) is 6.49. The van der Waals surface area contributed by atoms with Crippen molar-refractivity contribution in [3.8, 4) is 11.5 Å². The minimum absolute atomic E-state index is 0.0183. The van der Waals surface area contributed by atoms with Gasteiger partial charge in [-0.05, 0) is 47.0 Å². The molecule has 144 valence electrons. The molecule has 1 aliphatic rings. The van der Waals surface area contributed by atoms with Crippen LogP contribution >= 0.6 is 11.3 Å². The van der Waals surface area contributed by atoms with Gasteiger partial charge in [0.05, 0.1) is 7.11 Å². The molecule has 0 N–H and O–H groups in total. The standard InChI is InChI=1S/C21H26N2O3S/c1-3-4-17-5-6-19(20(13-17)25-2)26-15-21(24)23-10-8-22(9-11-23)14-18-7-12-27-16-18/h3-7,12-13,16H,8-11,14-15H2,1-2H3/b4-3+. The van der Waals surface area contributed by atoms with Crippen molar-refractivity contribution in [2.45, 2.75) is 13.5 Å². The molecule has 2 aromatic rings. The third-order valence-corrected chi connectivity index (χ3v) is 5.34. The second-order valence-corrected chi connectivity index (χ2v) is 7.27. The summed E-state index contributed by atoms with van der Waals surface area (Å²) in [6.45, 7) is 6.22. The zero-order valence-corrected chi connectivity index (χ0v) is 16.7. The van der Waals surface area contributed by atoms with Gasteiger partial charge in [-0.1, -0.05) is 18.2 Å². The van der Waals surface area contributed by atoms with E-state index in [2.05, 4.69) is 21.7 Å². The van der Waals surface area contributed by atoms with Crippen LogP contribution in [-0.2, 0) is 11.3 Å². The molecule has 1 amide bonds. The fourth-order valence-electron chi connectivity index (χ4n) is 3.13. The highest BCUT2D eigenvalue weighted by molar-refractivity contribution is 7.07. The summed E-state index contributed by atoms with van der Waals surface area (Å²) in [7, 11) is 1.61. The van der Waals surface area contributed by atoms with Crippen LogP contribution < -0.4 is 9.47 Å². The summed E-state index contributed by atoms with van der Waals surface area (Å²) < 4.78 is 11.1. The predicted molar refractivity (Wildman–Crippen MR) is 109 cm³/mol. The molecular formula is C21H26N2O3S. The number of hydrogen-bond donors (Lipinski definition) is 0. The van der Waals surface area contributed by atoms with Crippen LogP contribution in [0.25, 0.3) is 6.08 Å². The van der Waals surface area contributed by atoms with Gasteiger partial charge in [-0.25, -0.2) is 0 Å². The number of allylic oxidation sites excluding steroid dienone is 1. The Kier molecular flexibility index (Phi) is 6.90. The van der Waals surface area contributed by atoms with Crippen molar-refractivity contribution in [3.63, 3.8) is 0 Å². The summed E-state index contributed by atoms with van der Waals surface area (Å²) in [6.07, 6.45) is 3.96. The highest BCUT2D eigenvalue weighted by Gasteiger charge is 2.21. The summed E-state index contributed by atoms with van der Waals surface area (Å²) in [6, 6.07) is 7.86. The van der Waals surface area contributed by atoms with E-state index in [1.54, 1.807) is 18.4 Å². The lowest BCUT2D eigenvalue weighted by atomic mass is 10.2. The summed E-state index contributed by atoms with van der Waals surface area (Å²) in [5.41, 5.74) is 2.38. The second kappa shape index (κ2) is 9.58. The van der Waals surface area contributed by atoms with Crippen molar-refractivity contribution in [3.05, 3.63) is 52.2 Å². The van der Waals surface area contributed by atoms with Crippen LogP contribution in [0, 0.1) is 0 Å². The number of amides is 1. The average molecular weight is 387 g/mol. The van der Waals surface area contributed by atoms with Crippen LogP contribution in [-0.4, -0.2) is 55.6 Å². The van der Waals surface area contributed by atoms with Crippen LogP contribution in [0.3, 0.4) is 0 Å². The lowest BCUT2D eigenvalue weighted by Crippen LogP contribution is -2.49. The number of piperazine rings is 1. The van der Waals surface area contributed by atoms with E-state index in [4.69, 9.17) is 9.47 Å². The lowest BCUT2D eigenvalue weighted by molar-refractivity contribution is -0.135. The van der Waals surface area contributed by atoms with Crippen LogP contribution in [0.4, 0.5) is 0 Å². The highest BCUT2D eigenvalue weighted by Crippen LogP contribution is 2.28. The lowest BCUT2D eigenvalue weighted by Gasteiger charge is -2.34. The number of hydrogen-bond acceptors (Lipinski definition) is 5. The van der Waals surface area contributed by atoms with E-state index in [1.165, 1.54) is 5.56 Å². The third kappa shape index (κ3) is 5.34. The fourth-order valence-corrected chi connectivity index (χ4v) is 3.79. The highest BCUT2D eigenvalue weighted by atomic mass is 32.1. The molecule has 1 saturated heterocycles. The van der Waals surface area contributed by atoms with E-state index in [9.17, 15) is 4.79 Å². The molecule has 1 aromatic heterocycles. The zero-order chi connectivity index (χ0) is 19.1. The van der Waals surface area contributed by atoms with Gasteiger partial charge in [0, 0.05) is 32.7 Å². The molecule has 0 saturated carbocycles. The molecule has 0 radical (unpaired) electrons. The minimum Gasteiger partial charge on any atom is -0.493 e. The Morgan fingerprint density at radius 1 is 1.19 bits per heavy atom. The molecule has 1 fully saturated rings. The summed E-state index contributed by atoms with van der Waals surface area (Å²) in [5.74, 6) is 1.25. The van der Waals surface area contributed by atoms with Gasteiger partial charge >= 0.3 is 0 Å². The normalized spacial score (nSPS) is 15.3. The summed E-state index contributed by atoms with van der Waals surface area (Å²) >= 11 is 1.72. The van der Waals surface area contributed by atoms with E-state index in [0.29, 0.717) is 11.5 Å². The molecule has 0 spiro atoms. The first kappa shape index (κ1) is 19.5. The number of benzene rings is 1. The zero-order valence-electron chi connectivity index (χ0n) is 15.9. The molecule has 0 unspecified atom stereocenters. The van der Waals surface area contributed by atoms with Crippen molar-refractivity contribution in [2.24, 2.45) is 0 Å². The van der Waals surface area contributed by atoms with Crippen molar-refractivity contribution in [2.75, 3.05) is 39.9 Å². The number of methoxy groups -OCH3 is 1. The first-order chi connectivity index (χ1) is 13.2. The molecule has 2 heterocycles. The van der Waals surface area contributed by atoms with Gasteiger partial charge in [0.2, 0.25) is 0 Å². The number of carbonyl (C=O) groups excluding carboxylic acids is 1. The van der Waals surface area contributed by atoms with Crippen LogP contribution in [0.2, 0.25) is 0 Å². The smallest absolute Gasteiger partial charge is 0.260 e. The topological polar surface area (TPSA) is 42.0 Å². The molecule has 5 nitrogen and oxygen atoms in total. The Balaban J connectivity index is 1.48. The third-order valence-electron chi connectivity index (χ3n) is 4.61. The van der Waals surface area contributed by atoms with Gasteiger partial charge in [-0.3, -0.25) is 9.69 Å². The molecule has 0 bridgehead atoms. The van der Waals surface area contributed by atoms with Crippen molar-refractivity contribution in [1.29, 1.82) is 0 Å². The first-order valence-corrected chi connectivity index (χ1v) is 10.1. The SMILES string of the molecule is C/C=C/c1ccc(OCC(=O)N2CCN(Cc3ccsc3)CC2)c(OC)c1. The van der Waals surface area contributed by atoms with E-state index >= 15 is 0 Å². The Morgan fingerprint density at radius 2 is 2.00 bits per heavy atom. The van der Waals surface area contributed by atoms with E-state index in [-0.39, 0.29) is 12.5 Å². The quantitative estimate of drug-likeness (QED) is 0.730. The van der Waals surface area contributed by atoms with E-state index in [0.717, 1.165) is 38.3 Å². The van der Waals surface area contributed by atoms with E-state index in [1.807, 2.05) is 42.2 Å². The number of rotatable bonds is 7. The Bertz CT molecular complexity index is 766. The maximum Gasteiger partial charge on any atom is 0.260 e.